The van der Waals surface area contributed by atoms with Crippen molar-refractivity contribution in [3.8, 4) is 0 Å². The van der Waals surface area contributed by atoms with Crippen LogP contribution in [0.5, 0.6) is 0 Å². The molecule has 1 unspecified atom stereocenters. The smallest absolute Gasteiger partial charge is 0.433 e. The summed E-state index contributed by atoms with van der Waals surface area (Å²) in [7, 11) is 0. The third-order valence-corrected chi connectivity index (χ3v) is 4.94. The highest BCUT2D eigenvalue weighted by atomic mass is 19.4. The number of carbonyl (C=O) groups excluding carboxylic acids is 2. The first-order valence-electron chi connectivity index (χ1n) is 9.21. The van der Waals surface area contributed by atoms with Crippen molar-refractivity contribution >= 4 is 17.8 Å². The first-order valence-corrected chi connectivity index (χ1v) is 9.21. The van der Waals surface area contributed by atoms with Gasteiger partial charge in [-0.25, -0.2) is 9.78 Å². The summed E-state index contributed by atoms with van der Waals surface area (Å²) in [6, 6.07) is 3.53. The van der Waals surface area contributed by atoms with Crippen LogP contribution < -0.4 is 4.90 Å². The molecule has 9 heteroatoms. The van der Waals surface area contributed by atoms with Gasteiger partial charge in [0.25, 0.3) is 0 Å². The number of halogens is 3. The normalized spacial score (nSPS) is 23.4. The second-order valence-corrected chi connectivity index (χ2v) is 8.54. The Kier molecular flexibility index (Phi) is 5.05. The molecule has 2 amide bonds. The number of ether oxygens (including phenoxy) is 1. The van der Waals surface area contributed by atoms with Crippen molar-refractivity contribution in [2.24, 2.45) is 5.41 Å². The molecule has 6 nitrogen and oxygen atoms in total. The molecule has 2 fully saturated rings. The van der Waals surface area contributed by atoms with Crippen LogP contribution in [0, 0.1) is 5.41 Å². The lowest BCUT2D eigenvalue weighted by Crippen LogP contribution is -2.48. The molecule has 3 heterocycles. The number of rotatable bonds is 1. The summed E-state index contributed by atoms with van der Waals surface area (Å²) in [5.41, 5.74) is -2.15. The SMILES string of the molecule is CC(C)(C)OC(=O)N1CCCC2(CC(=O)N(c3cccc(C(F)(F)F)n3)C2)C1. The van der Waals surface area contributed by atoms with E-state index in [-0.39, 0.29) is 24.7 Å². The van der Waals surface area contributed by atoms with E-state index in [2.05, 4.69) is 4.98 Å². The van der Waals surface area contributed by atoms with E-state index in [9.17, 15) is 22.8 Å². The van der Waals surface area contributed by atoms with Crippen molar-refractivity contribution in [2.45, 2.75) is 51.8 Å². The molecule has 2 aliphatic rings. The Bertz CT molecular complexity index is 776. The van der Waals surface area contributed by atoms with Crippen molar-refractivity contribution in [3.05, 3.63) is 23.9 Å². The van der Waals surface area contributed by atoms with Gasteiger partial charge in [-0.1, -0.05) is 6.07 Å². The zero-order chi connectivity index (χ0) is 20.7. The number of aromatic nitrogens is 1. The van der Waals surface area contributed by atoms with Crippen LogP contribution in [0.25, 0.3) is 0 Å². The third kappa shape index (κ3) is 4.39. The second-order valence-electron chi connectivity index (χ2n) is 8.54. The van der Waals surface area contributed by atoms with Crippen LogP contribution in [-0.4, -0.2) is 47.1 Å². The Hall–Kier alpha value is -2.32. The molecule has 0 radical (unpaired) electrons. The van der Waals surface area contributed by atoms with Gasteiger partial charge < -0.3 is 9.64 Å². The second kappa shape index (κ2) is 6.93. The first kappa shape index (κ1) is 20.4. The summed E-state index contributed by atoms with van der Waals surface area (Å²) < 4.78 is 44.3. The van der Waals surface area contributed by atoms with E-state index in [0.717, 1.165) is 6.07 Å². The summed E-state index contributed by atoms with van der Waals surface area (Å²) in [4.78, 5) is 31.5. The zero-order valence-corrected chi connectivity index (χ0v) is 16.2. The number of piperidine rings is 1. The molecule has 2 aliphatic heterocycles. The largest absolute Gasteiger partial charge is 0.444 e. The highest BCUT2D eigenvalue weighted by Crippen LogP contribution is 2.41. The average molecular weight is 399 g/mol. The monoisotopic (exact) mass is 399 g/mol. The number of hydrogen-bond acceptors (Lipinski definition) is 4. The lowest BCUT2D eigenvalue weighted by Gasteiger charge is -2.40. The van der Waals surface area contributed by atoms with Gasteiger partial charge in [0, 0.05) is 31.5 Å². The fraction of sp³-hybridized carbons (Fsp3) is 0.632. The number of anilines is 1. The summed E-state index contributed by atoms with van der Waals surface area (Å²) in [6.07, 6.45) is -3.42. The standard InChI is InChI=1S/C19H24F3N3O3/c1-17(2,3)28-16(27)24-9-5-8-18(11-24)10-15(26)25(12-18)14-7-4-6-13(23-14)19(20,21)22/h4,6-7H,5,8-12H2,1-3H3. The number of carbonyl (C=O) groups is 2. The van der Waals surface area contributed by atoms with Crippen LogP contribution in [0.4, 0.5) is 23.8 Å². The van der Waals surface area contributed by atoms with Crippen LogP contribution >= 0.6 is 0 Å². The van der Waals surface area contributed by atoms with E-state index in [0.29, 0.717) is 25.9 Å². The fourth-order valence-corrected chi connectivity index (χ4v) is 3.80. The summed E-state index contributed by atoms with van der Waals surface area (Å²) in [5, 5.41) is 0. The minimum absolute atomic E-state index is 0.00825. The molecule has 0 bridgehead atoms. The molecule has 154 valence electrons. The predicted octanol–water partition coefficient (Wildman–Crippen LogP) is 3.85. The lowest BCUT2D eigenvalue weighted by molar-refractivity contribution is -0.141. The fourth-order valence-electron chi connectivity index (χ4n) is 3.80. The van der Waals surface area contributed by atoms with Crippen molar-refractivity contribution in [1.82, 2.24) is 9.88 Å². The van der Waals surface area contributed by atoms with E-state index in [4.69, 9.17) is 4.74 Å². The topological polar surface area (TPSA) is 62.7 Å². The number of alkyl halides is 3. The van der Waals surface area contributed by atoms with Gasteiger partial charge in [-0.3, -0.25) is 9.69 Å². The lowest BCUT2D eigenvalue weighted by atomic mass is 9.79. The predicted molar refractivity (Wildman–Crippen MR) is 95.7 cm³/mol. The van der Waals surface area contributed by atoms with E-state index < -0.39 is 29.0 Å². The Balaban J connectivity index is 1.77. The Morgan fingerprint density at radius 2 is 1.93 bits per heavy atom. The van der Waals surface area contributed by atoms with E-state index in [1.54, 1.807) is 25.7 Å². The molecular weight excluding hydrogens is 375 g/mol. The molecule has 0 N–H and O–H groups in total. The number of likely N-dealkylation sites (tertiary alicyclic amines) is 1. The maximum atomic E-state index is 13.0. The van der Waals surface area contributed by atoms with Gasteiger partial charge in [-0.15, -0.1) is 0 Å². The molecule has 1 aromatic rings. The van der Waals surface area contributed by atoms with Gasteiger partial charge in [-0.2, -0.15) is 13.2 Å². The number of amides is 2. The van der Waals surface area contributed by atoms with E-state index in [1.165, 1.54) is 17.0 Å². The van der Waals surface area contributed by atoms with Crippen LogP contribution in [0.2, 0.25) is 0 Å². The molecule has 0 aromatic carbocycles. The van der Waals surface area contributed by atoms with Crippen molar-refractivity contribution in [1.29, 1.82) is 0 Å². The maximum Gasteiger partial charge on any atom is 0.433 e. The minimum atomic E-state index is -4.57. The minimum Gasteiger partial charge on any atom is -0.444 e. The zero-order valence-electron chi connectivity index (χ0n) is 16.2. The number of pyridine rings is 1. The molecule has 28 heavy (non-hydrogen) atoms. The van der Waals surface area contributed by atoms with Crippen LogP contribution in [0.3, 0.4) is 0 Å². The molecule has 1 spiro atoms. The number of nitrogens with zero attached hydrogens (tertiary/aromatic N) is 3. The maximum absolute atomic E-state index is 13.0. The highest BCUT2D eigenvalue weighted by Gasteiger charge is 2.48. The van der Waals surface area contributed by atoms with Crippen LogP contribution in [0.15, 0.2) is 18.2 Å². The molecule has 3 rings (SSSR count). The molecule has 0 aliphatic carbocycles. The van der Waals surface area contributed by atoms with E-state index in [1.807, 2.05) is 0 Å². The Morgan fingerprint density at radius 1 is 1.21 bits per heavy atom. The van der Waals surface area contributed by atoms with Crippen molar-refractivity contribution < 1.29 is 27.5 Å². The van der Waals surface area contributed by atoms with Gasteiger partial charge in [0.05, 0.1) is 0 Å². The van der Waals surface area contributed by atoms with E-state index >= 15 is 0 Å². The van der Waals surface area contributed by atoms with Crippen LogP contribution in [-0.2, 0) is 15.7 Å². The quantitative estimate of drug-likeness (QED) is 0.720. The van der Waals surface area contributed by atoms with Gasteiger partial charge in [0.2, 0.25) is 5.91 Å². The van der Waals surface area contributed by atoms with Crippen LogP contribution in [0.1, 0.15) is 45.7 Å². The van der Waals surface area contributed by atoms with Gasteiger partial charge in [-0.05, 0) is 45.7 Å². The van der Waals surface area contributed by atoms with Gasteiger partial charge in [0.15, 0.2) is 0 Å². The molecule has 1 atom stereocenters. The summed E-state index contributed by atoms with van der Waals surface area (Å²) in [5.74, 6) is -0.288. The number of hydrogen-bond donors (Lipinski definition) is 0. The van der Waals surface area contributed by atoms with Gasteiger partial charge in [0.1, 0.15) is 17.1 Å². The van der Waals surface area contributed by atoms with Crippen molar-refractivity contribution in [3.63, 3.8) is 0 Å². The summed E-state index contributed by atoms with van der Waals surface area (Å²) >= 11 is 0. The van der Waals surface area contributed by atoms with Gasteiger partial charge >= 0.3 is 12.3 Å². The highest BCUT2D eigenvalue weighted by molar-refractivity contribution is 5.95. The third-order valence-electron chi connectivity index (χ3n) is 4.94. The Morgan fingerprint density at radius 3 is 2.57 bits per heavy atom. The first-order chi connectivity index (χ1) is 12.9. The Labute approximate surface area is 161 Å². The molecule has 2 saturated heterocycles. The average Bonchev–Trinajstić information content (AvgIpc) is 2.88. The molecule has 0 saturated carbocycles. The van der Waals surface area contributed by atoms with Crippen molar-refractivity contribution in [2.75, 3.05) is 24.5 Å². The molecule has 1 aromatic heterocycles. The summed E-state index contributed by atoms with van der Waals surface area (Å²) in [6.45, 7) is 6.45. The molecular formula is C19H24F3N3O3.